The van der Waals surface area contributed by atoms with Gasteiger partial charge in [0.2, 0.25) is 0 Å². The third kappa shape index (κ3) is 1.86. The molecule has 4 heteroatoms. The molecule has 2 saturated carbocycles. The highest BCUT2D eigenvalue weighted by molar-refractivity contribution is 14.1. The molecule has 0 heterocycles. The van der Waals surface area contributed by atoms with E-state index in [2.05, 4.69) is 22.6 Å². The maximum atomic E-state index is 10.6. The number of alkyl halides is 1. The Kier molecular flexibility index (Phi) is 2.84. The number of rotatable bonds is 2. The van der Waals surface area contributed by atoms with E-state index < -0.39 is 0 Å². The lowest BCUT2D eigenvalue weighted by Gasteiger charge is -2.27. The van der Waals surface area contributed by atoms with E-state index in [0.29, 0.717) is 9.84 Å². The standard InChI is InChI=1S/C13H14INO2/c14-13-10-2-1-9(7-10)12(13)8-3-5-11(6-4-8)15(16)17/h3-6,9-10,12-13H,1-2,7H2. The summed E-state index contributed by atoms with van der Waals surface area (Å²) >= 11 is 2.58. The quantitative estimate of drug-likeness (QED) is 0.354. The molecular weight excluding hydrogens is 329 g/mol. The van der Waals surface area contributed by atoms with Gasteiger partial charge in [0.15, 0.2) is 0 Å². The first-order valence-electron chi connectivity index (χ1n) is 6.05. The fourth-order valence-corrected chi connectivity index (χ4v) is 5.15. The number of non-ortho nitro benzene ring substituents is 1. The monoisotopic (exact) mass is 343 g/mol. The van der Waals surface area contributed by atoms with Crippen LogP contribution in [0.25, 0.3) is 0 Å². The summed E-state index contributed by atoms with van der Waals surface area (Å²) in [5.74, 6) is 2.30. The van der Waals surface area contributed by atoms with Gasteiger partial charge in [-0.1, -0.05) is 34.7 Å². The van der Waals surface area contributed by atoms with E-state index in [9.17, 15) is 10.1 Å². The van der Waals surface area contributed by atoms with Gasteiger partial charge in [-0.05, 0) is 42.6 Å². The smallest absolute Gasteiger partial charge is 0.258 e. The van der Waals surface area contributed by atoms with Crippen LogP contribution < -0.4 is 0 Å². The van der Waals surface area contributed by atoms with Crippen molar-refractivity contribution < 1.29 is 4.92 Å². The van der Waals surface area contributed by atoms with E-state index in [-0.39, 0.29) is 10.6 Å². The zero-order valence-corrected chi connectivity index (χ0v) is 11.5. The van der Waals surface area contributed by atoms with Crippen LogP contribution in [0, 0.1) is 22.0 Å². The number of nitro benzene ring substituents is 1. The first kappa shape index (κ1) is 11.4. The molecule has 1 aromatic carbocycles. The minimum atomic E-state index is -0.327. The van der Waals surface area contributed by atoms with Gasteiger partial charge in [0.25, 0.3) is 5.69 Å². The molecule has 4 atom stereocenters. The van der Waals surface area contributed by atoms with Crippen LogP contribution in [0.15, 0.2) is 24.3 Å². The molecule has 17 heavy (non-hydrogen) atoms. The van der Waals surface area contributed by atoms with Gasteiger partial charge in [-0.3, -0.25) is 10.1 Å². The van der Waals surface area contributed by atoms with Gasteiger partial charge >= 0.3 is 0 Å². The van der Waals surface area contributed by atoms with E-state index in [1.54, 1.807) is 12.1 Å². The van der Waals surface area contributed by atoms with E-state index in [1.807, 2.05) is 12.1 Å². The average Bonchev–Trinajstić information content (AvgIpc) is 2.89. The van der Waals surface area contributed by atoms with Crippen LogP contribution in [0.1, 0.15) is 30.7 Å². The van der Waals surface area contributed by atoms with Crippen LogP contribution in [-0.2, 0) is 0 Å². The first-order chi connectivity index (χ1) is 8.16. The molecular formula is C13H14INO2. The maximum absolute atomic E-state index is 10.6. The molecule has 2 fully saturated rings. The molecule has 4 unspecified atom stereocenters. The Labute approximate surface area is 114 Å². The van der Waals surface area contributed by atoms with Crippen molar-refractivity contribution in [2.45, 2.75) is 29.1 Å². The van der Waals surface area contributed by atoms with Gasteiger partial charge in [-0.25, -0.2) is 0 Å². The van der Waals surface area contributed by atoms with Crippen LogP contribution in [0.4, 0.5) is 5.69 Å². The third-order valence-corrected chi connectivity index (χ3v) is 6.10. The number of hydrogen-bond donors (Lipinski definition) is 0. The van der Waals surface area contributed by atoms with E-state index in [0.717, 1.165) is 11.8 Å². The number of nitro groups is 1. The third-order valence-electron chi connectivity index (χ3n) is 4.30. The molecule has 3 nitrogen and oxygen atoms in total. The predicted octanol–water partition coefficient (Wildman–Crippen LogP) is 3.91. The summed E-state index contributed by atoms with van der Waals surface area (Å²) in [5.41, 5.74) is 1.49. The molecule has 90 valence electrons. The molecule has 0 spiro atoms. The van der Waals surface area contributed by atoms with Crippen molar-refractivity contribution in [3.05, 3.63) is 39.9 Å². The predicted molar refractivity (Wildman–Crippen MR) is 74.5 cm³/mol. The fourth-order valence-electron chi connectivity index (χ4n) is 3.50. The second-order valence-corrected chi connectivity index (χ2v) is 6.59. The van der Waals surface area contributed by atoms with Crippen molar-refractivity contribution in [3.8, 4) is 0 Å². The topological polar surface area (TPSA) is 43.1 Å². The van der Waals surface area contributed by atoms with E-state index >= 15 is 0 Å². The Bertz CT molecular complexity index is 443. The van der Waals surface area contributed by atoms with Gasteiger partial charge in [-0.15, -0.1) is 0 Å². The first-order valence-corrected chi connectivity index (χ1v) is 7.30. The second kappa shape index (κ2) is 4.23. The summed E-state index contributed by atoms with van der Waals surface area (Å²) < 4.78 is 0.716. The van der Waals surface area contributed by atoms with Crippen LogP contribution in [-0.4, -0.2) is 8.85 Å². The van der Waals surface area contributed by atoms with Crippen molar-refractivity contribution in [1.82, 2.24) is 0 Å². The molecule has 2 aliphatic rings. The normalized spacial score (nSPS) is 35.1. The van der Waals surface area contributed by atoms with Crippen LogP contribution in [0.3, 0.4) is 0 Å². The van der Waals surface area contributed by atoms with Crippen LogP contribution in [0.5, 0.6) is 0 Å². The van der Waals surface area contributed by atoms with Gasteiger partial charge in [0, 0.05) is 16.1 Å². The number of benzene rings is 1. The van der Waals surface area contributed by atoms with Crippen molar-refractivity contribution in [2.24, 2.45) is 11.8 Å². The average molecular weight is 343 g/mol. The zero-order chi connectivity index (χ0) is 12.0. The summed E-state index contributed by atoms with van der Waals surface area (Å²) in [6.45, 7) is 0. The van der Waals surface area contributed by atoms with Crippen molar-refractivity contribution in [2.75, 3.05) is 0 Å². The maximum Gasteiger partial charge on any atom is 0.269 e. The van der Waals surface area contributed by atoms with Gasteiger partial charge in [0.05, 0.1) is 4.92 Å². The number of nitrogens with zero attached hydrogens (tertiary/aromatic N) is 1. The molecule has 1 aromatic rings. The number of fused-ring (bicyclic) bond motifs is 2. The molecule has 0 aliphatic heterocycles. The molecule has 3 rings (SSSR count). The van der Waals surface area contributed by atoms with Gasteiger partial charge in [-0.2, -0.15) is 0 Å². The lowest BCUT2D eigenvalue weighted by Crippen LogP contribution is -2.20. The number of halogens is 1. The minimum absolute atomic E-state index is 0.196. The fraction of sp³-hybridized carbons (Fsp3) is 0.538. The van der Waals surface area contributed by atoms with Crippen LogP contribution >= 0.6 is 22.6 Å². The molecule has 0 saturated heterocycles. The van der Waals surface area contributed by atoms with Crippen LogP contribution in [0.2, 0.25) is 0 Å². The molecule has 2 bridgehead atoms. The summed E-state index contributed by atoms with van der Waals surface area (Å²) in [7, 11) is 0. The Balaban J connectivity index is 1.87. The second-order valence-electron chi connectivity index (χ2n) is 5.15. The SMILES string of the molecule is O=[N+]([O-])c1ccc(C2C3CCC(C3)C2I)cc1. The summed E-state index contributed by atoms with van der Waals surface area (Å²) in [5, 5.41) is 10.6. The Hall–Kier alpha value is -0.650. The summed E-state index contributed by atoms with van der Waals surface area (Å²) in [4.78, 5) is 10.3. The Morgan fingerprint density at radius 2 is 1.82 bits per heavy atom. The highest BCUT2D eigenvalue weighted by Crippen LogP contribution is 2.56. The van der Waals surface area contributed by atoms with E-state index in [1.165, 1.54) is 24.8 Å². The minimum Gasteiger partial charge on any atom is -0.258 e. The highest BCUT2D eigenvalue weighted by Gasteiger charge is 2.46. The lowest BCUT2D eigenvalue weighted by atomic mass is 9.83. The molecule has 0 amide bonds. The Morgan fingerprint density at radius 3 is 2.35 bits per heavy atom. The molecule has 0 radical (unpaired) electrons. The Morgan fingerprint density at radius 1 is 1.18 bits per heavy atom. The zero-order valence-electron chi connectivity index (χ0n) is 9.38. The van der Waals surface area contributed by atoms with E-state index in [4.69, 9.17) is 0 Å². The molecule has 0 N–H and O–H groups in total. The molecule has 0 aromatic heterocycles. The number of hydrogen-bond acceptors (Lipinski definition) is 2. The van der Waals surface area contributed by atoms with Crippen molar-refractivity contribution in [1.29, 1.82) is 0 Å². The lowest BCUT2D eigenvalue weighted by molar-refractivity contribution is -0.384. The van der Waals surface area contributed by atoms with Gasteiger partial charge in [0.1, 0.15) is 0 Å². The van der Waals surface area contributed by atoms with Crippen molar-refractivity contribution >= 4 is 28.3 Å². The largest absolute Gasteiger partial charge is 0.269 e. The highest BCUT2D eigenvalue weighted by atomic mass is 127. The van der Waals surface area contributed by atoms with Gasteiger partial charge < -0.3 is 0 Å². The van der Waals surface area contributed by atoms with Crippen molar-refractivity contribution in [3.63, 3.8) is 0 Å². The summed E-state index contributed by atoms with van der Waals surface area (Å²) in [6, 6.07) is 7.19. The molecule has 2 aliphatic carbocycles. The summed E-state index contributed by atoms with van der Waals surface area (Å²) in [6.07, 6.45) is 4.07.